The average molecular weight is 311 g/mol. The van der Waals surface area contributed by atoms with Crippen LogP contribution in [0.5, 0.6) is 0 Å². The van der Waals surface area contributed by atoms with E-state index in [-0.39, 0.29) is 16.6 Å². The third kappa shape index (κ3) is 4.63. The number of nitrogens with one attached hydrogen (secondary N) is 2. The zero-order chi connectivity index (χ0) is 15.2. The maximum absolute atomic E-state index is 11.8. The van der Waals surface area contributed by atoms with E-state index in [0.29, 0.717) is 18.2 Å². The molecule has 0 spiro atoms. The molecule has 0 bridgehead atoms. The SMILES string of the molecule is O=C(NCC1CCCCC1)Nc1ccc(C(=O)O)cc1Cl. The van der Waals surface area contributed by atoms with Crippen molar-refractivity contribution in [2.45, 2.75) is 32.1 Å². The highest BCUT2D eigenvalue weighted by atomic mass is 35.5. The van der Waals surface area contributed by atoms with Crippen molar-refractivity contribution in [1.82, 2.24) is 5.32 Å². The second-order valence-corrected chi connectivity index (χ2v) is 5.75. The van der Waals surface area contributed by atoms with Crippen molar-refractivity contribution in [2.75, 3.05) is 11.9 Å². The number of carbonyl (C=O) groups excluding carboxylic acids is 1. The van der Waals surface area contributed by atoms with E-state index in [1.807, 2.05) is 0 Å². The molecule has 1 aliphatic rings. The molecule has 0 heterocycles. The van der Waals surface area contributed by atoms with Crippen molar-refractivity contribution in [3.63, 3.8) is 0 Å². The first-order valence-electron chi connectivity index (χ1n) is 7.14. The van der Waals surface area contributed by atoms with Crippen LogP contribution in [0.1, 0.15) is 42.5 Å². The topological polar surface area (TPSA) is 78.4 Å². The van der Waals surface area contributed by atoms with Gasteiger partial charge in [0.25, 0.3) is 0 Å². The fourth-order valence-electron chi connectivity index (χ4n) is 2.54. The Hall–Kier alpha value is -1.75. The highest BCUT2D eigenvalue weighted by molar-refractivity contribution is 6.34. The minimum atomic E-state index is -1.05. The fraction of sp³-hybridized carbons (Fsp3) is 0.467. The van der Waals surface area contributed by atoms with E-state index in [1.165, 1.54) is 37.5 Å². The lowest BCUT2D eigenvalue weighted by atomic mass is 9.89. The number of amides is 2. The van der Waals surface area contributed by atoms with Crippen molar-refractivity contribution < 1.29 is 14.7 Å². The van der Waals surface area contributed by atoms with Crippen molar-refractivity contribution >= 4 is 29.3 Å². The second-order valence-electron chi connectivity index (χ2n) is 5.34. The predicted molar refractivity (Wildman–Crippen MR) is 82.0 cm³/mol. The van der Waals surface area contributed by atoms with Crippen LogP contribution in [0.3, 0.4) is 0 Å². The first-order chi connectivity index (χ1) is 10.1. The smallest absolute Gasteiger partial charge is 0.335 e. The summed E-state index contributed by atoms with van der Waals surface area (Å²) in [5.41, 5.74) is 0.496. The number of halogens is 1. The summed E-state index contributed by atoms with van der Waals surface area (Å²) >= 11 is 5.96. The van der Waals surface area contributed by atoms with Crippen LogP contribution in [0.25, 0.3) is 0 Å². The van der Waals surface area contributed by atoms with Gasteiger partial charge in [0.05, 0.1) is 16.3 Å². The van der Waals surface area contributed by atoms with Gasteiger partial charge in [-0.05, 0) is 37.0 Å². The fourth-order valence-corrected chi connectivity index (χ4v) is 2.77. The van der Waals surface area contributed by atoms with Crippen LogP contribution in [-0.2, 0) is 0 Å². The molecule has 0 saturated heterocycles. The Labute approximate surface area is 128 Å². The number of urea groups is 1. The van der Waals surface area contributed by atoms with Crippen LogP contribution in [0.4, 0.5) is 10.5 Å². The molecule has 0 aliphatic heterocycles. The quantitative estimate of drug-likeness (QED) is 0.792. The molecule has 21 heavy (non-hydrogen) atoms. The summed E-state index contributed by atoms with van der Waals surface area (Å²) in [6.07, 6.45) is 6.07. The van der Waals surface area contributed by atoms with Crippen molar-refractivity contribution in [3.05, 3.63) is 28.8 Å². The molecule has 1 aromatic carbocycles. The van der Waals surface area contributed by atoms with Crippen LogP contribution < -0.4 is 10.6 Å². The lowest BCUT2D eigenvalue weighted by molar-refractivity contribution is 0.0697. The Morgan fingerprint density at radius 3 is 2.57 bits per heavy atom. The Kier molecular flexibility index (Phi) is 5.44. The molecule has 1 aromatic rings. The van der Waals surface area contributed by atoms with Gasteiger partial charge >= 0.3 is 12.0 Å². The number of rotatable bonds is 4. The molecule has 1 fully saturated rings. The largest absolute Gasteiger partial charge is 0.478 e. The van der Waals surface area contributed by atoms with Gasteiger partial charge in [-0.3, -0.25) is 0 Å². The predicted octanol–water partition coefficient (Wildman–Crippen LogP) is 3.74. The van der Waals surface area contributed by atoms with Crippen molar-refractivity contribution in [3.8, 4) is 0 Å². The zero-order valence-corrected chi connectivity index (χ0v) is 12.4. The summed E-state index contributed by atoms with van der Waals surface area (Å²) in [6.45, 7) is 0.663. The van der Waals surface area contributed by atoms with Crippen LogP contribution in [0, 0.1) is 5.92 Å². The van der Waals surface area contributed by atoms with E-state index in [0.717, 1.165) is 12.8 Å². The summed E-state index contributed by atoms with van der Waals surface area (Å²) in [5, 5.41) is 14.5. The number of carboxylic acid groups (broad SMARTS) is 1. The summed E-state index contributed by atoms with van der Waals surface area (Å²) in [6, 6.07) is 3.91. The summed E-state index contributed by atoms with van der Waals surface area (Å²) in [7, 11) is 0. The van der Waals surface area contributed by atoms with Gasteiger partial charge in [0.2, 0.25) is 0 Å². The number of aromatic carboxylic acids is 1. The first-order valence-corrected chi connectivity index (χ1v) is 7.52. The molecule has 5 nitrogen and oxygen atoms in total. The molecule has 0 radical (unpaired) electrons. The van der Waals surface area contributed by atoms with E-state index in [1.54, 1.807) is 0 Å². The molecule has 0 atom stereocenters. The lowest BCUT2D eigenvalue weighted by Gasteiger charge is -2.21. The number of carbonyl (C=O) groups is 2. The molecule has 3 N–H and O–H groups in total. The van der Waals surface area contributed by atoms with Gasteiger partial charge in [-0.1, -0.05) is 30.9 Å². The van der Waals surface area contributed by atoms with Crippen LogP contribution in [0.15, 0.2) is 18.2 Å². The Bertz CT molecular complexity index is 528. The van der Waals surface area contributed by atoms with Gasteiger partial charge in [-0.15, -0.1) is 0 Å². The normalized spacial score (nSPS) is 15.5. The number of carboxylic acids is 1. The van der Waals surface area contributed by atoms with Crippen LogP contribution in [-0.4, -0.2) is 23.7 Å². The summed E-state index contributed by atoms with van der Waals surface area (Å²) in [4.78, 5) is 22.6. The number of anilines is 1. The first kappa shape index (κ1) is 15.6. The second kappa shape index (κ2) is 7.31. The van der Waals surface area contributed by atoms with Gasteiger partial charge in [0, 0.05) is 6.54 Å². The van der Waals surface area contributed by atoms with Gasteiger partial charge in [0.15, 0.2) is 0 Å². The molecule has 0 aromatic heterocycles. The molecular formula is C15H19ClN2O3. The van der Waals surface area contributed by atoms with E-state index < -0.39 is 5.97 Å². The lowest BCUT2D eigenvalue weighted by Crippen LogP contribution is -2.33. The van der Waals surface area contributed by atoms with E-state index in [9.17, 15) is 9.59 Å². The summed E-state index contributed by atoms with van der Waals surface area (Å²) < 4.78 is 0. The molecule has 0 unspecified atom stereocenters. The molecular weight excluding hydrogens is 292 g/mol. The molecule has 1 saturated carbocycles. The van der Waals surface area contributed by atoms with E-state index in [4.69, 9.17) is 16.7 Å². The third-order valence-corrected chi connectivity index (χ3v) is 4.05. The highest BCUT2D eigenvalue weighted by Crippen LogP contribution is 2.24. The molecule has 2 amide bonds. The molecule has 1 aliphatic carbocycles. The summed E-state index contributed by atoms with van der Waals surface area (Å²) in [5.74, 6) is -0.500. The maximum Gasteiger partial charge on any atom is 0.335 e. The minimum absolute atomic E-state index is 0.0909. The highest BCUT2D eigenvalue weighted by Gasteiger charge is 2.15. The average Bonchev–Trinajstić information content (AvgIpc) is 2.48. The van der Waals surface area contributed by atoms with Gasteiger partial charge < -0.3 is 15.7 Å². The van der Waals surface area contributed by atoms with Crippen LogP contribution >= 0.6 is 11.6 Å². The number of hydrogen-bond acceptors (Lipinski definition) is 2. The van der Waals surface area contributed by atoms with Gasteiger partial charge in [-0.2, -0.15) is 0 Å². The van der Waals surface area contributed by atoms with E-state index >= 15 is 0 Å². The third-order valence-electron chi connectivity index (χ3n) is 3.74. The van der Waals surface area contributed by atoms with Gasteiger partial charge in [0.1, 0.15) is 0 Å². The van der Waals surface area contributed by atoms with Crippen LogP contribution in [0.2, 0.25) is 5.02 Å². The standard InChI is InChI=1S/C15H19ClN2O3/c16-12-8-11(14(19)20)6-7-13(12)18-15(21)17-9-10-4-2-1-3-5-10/h6-8,10H,1-5,9H2,(H,19,20)(H2,17,18,21). The molecule has 2 rings (SSSR count). The Morgan fingerprint density at radius 2 is 1.95 bits per heavy atom. The zero-order valence-electron chi connectivity index (χ0n) is 11.7. The van der Waals surface area contributed by atoms with Gasteiger partial charge in [-0.25, -0.2) is 9.59 Å². The minimum Gasteiger partial charge on any atom is -0.478 e. The van der Waals surface area contributed by atoms with Crippen molar-refractivity contribution in [1.29, 1.82) is 0 Å². The molecule has 114 valence electrons. The van der Waals surface area contributed by atoms with Crippen molar-refractivity contribution in [2.24, 2.45) is 5.92 Å². The monoisotopic (exact) mass is 310 g/mol. The number of hydrogen-bond donors (Lipinski definition) is 3. The molecule has 6 heteroatoms. The Balaban J connectivity index is 1.85. The number of benzene rings is 1. The Morgan fingerprint density at radius 1 is 1.24 bits per heavy atom. The maximum atomic E-state index is 11.8. The van der Waals surface area contributed by atoms with E-state index in [2.05, 4.69) is 10.6 Å².